The van der Waals surface area contributed by atoms with Crippen LogP contribution in [0.15, 0.2) is 12.1 Å². The Morgan fingerprint density at radius 2 is 1.27 bits per heavy atom. The monoisotopic (exact) mass is 306 g/mol. The minimum Gasteiger partial charge on any atom is -0.244 e. The van der Waals surface area contributed by atoms with Gasteiger partial charge in [-0.2, -0.15) is 0 Å². The molecule has 0 radical (unpaired) electrons. The molecule has 22 heavy (non-hydrogen) atoms. The average molecular weight is 306 g/mol. The van der Waals surface area contributed by atoms with Crippen LogP contribution in [0.1, 0.15) is 33.4 Å². The molecule has 0 nitrogen and oxygen atoms in total. The molecule has 0 N–H and O–H groups in total. The number of hydrogen-bond donors (Lipinski definition) is 0. The Balaban J connectivity index is 2.16. The predicted octanol–water partition coefficient (Wildman–Crippen LogP) is 5.39. The third-order valence-electron chi connectivity index (χ3n) is 5.54. The average Bonchev–Trinajstić information content (AvgIpc) is 2.93. The van der Waals surface area contributed by atoms with E-state index in [1.54, 1.807) is 0 Å². The maximum atomic E-state index is 13.7. The van der Waals surface area contributed by atoms with Crippen molar-refractivity contribution in [3.05, 3.63) is 45.5 Å². The third kappa shape index (κ3) is 2.13. The lowest BCUT2D eigenvalue weighted by molar-refractivity contribution is -0.0725. The standard InChI is InChI=1S/C19H21F3/c1-10-11(2)13(4)18-8-15-6-16(19(21,22)9-20)5-14(15)7-17(18)12(10)3/h7-8,16H,5-6,9H2,1-4H3. The smallest absolute Gasteiger partial charge is 0.244 e. The van der Waals surface area contributed by atoms with E-state index in [9.17, 15) is 13.2 Å². The van der Waals surface area contributed by atoms with Crippen LogP contribution in [0.2, 0.25) is 0 Å². The number of fused-ring (bicyclic) bond motifs is 2. The minimum absolute atomic E-state index is 0.271. The van der Waals surface area contributed by atoms with Crippen LogP contribution in [0.25, 0.3) is 10.8 Å². The minimum atomic E-state index is -3.22. The molecule has 0 spiro atoms. The van der Waals surface area contributed by atoms with Crippen molar-refractivity contribution in [1.29, 1.82) is 0 Å². The molecule has 0 saturated heterocycles. The second-order valence-electron chi connectivity index (χ2n) is 6.67. The molecule has 0 fully saturated rings. The van der Waals surface area contributed by atoms with Crippen LogP contribution in [0.3, 0.4) is 0 Å². The first-order valence-electron chi connectivity index (χ1n) is 7.72. The summed E-state index contributed by atoms with van der Waals surface area (Å²) in [6, 6.07) is 4.10. The molecular formula is C19H21F3. The highest BCUT2D eigenvalue weighted by molar-refractivity contribution is 5.92. The van der Waals surface area contributed by atoms with Crippen molar-refractivity contribution in [2.24, 2.45) is 5.92 Å². The predicted molar refractivity (Wildman–Crippen MR) is 84.7 cm³/mol. The largest absolute Gasteiger partial charge is 0.279 e. The molecule has 0 aliphatic heterocycles. The second-order valence-corrected chi connectivity index (χ2v) is 6.67. The Kier molecular flexibility index (Phi) is 3.50. The number of aryl methyl sites for hydroxylation is 2. The van der Waals surface area contributed by atoms with Crippen molar-refractivity contribution in [2.75, 3.05) is 6.67 Å². The van der Waals surface area contributed by atoms with Gasteiger partial charge in [0.15, 0.2) is 6.67 Å². The number of halogens is 3. The van der Waals surface area contributed by atoms with Gasteiger partial charge in [-0.25, -0.2) is 13.2 Å². The number of rotatable bonds is 2. The lowest BCUT2D eigenvalue weighted by Crippen LogP contribution is -2.31. The third-order valence-corrected chi connectivity index (χ3v) is 5.54. The summed E-state index contributed by atoms with van der Waals surface area (Å²) in [5.41, 5.74) is 6.85. The Labute approximate surface area is 129 Å². The molecule has 1 aliphatic rings. The van der Waals surface area contributed by atoms with Gasteiger partial charge in [0, 0.05) is 5.92 Å². The summed E-state index contributed by atoms with van der Waals surface area (Å²) in [4.78, 5) is 0. The summed E-state index contributed by atoms with van der Waals surface area (Å²) in [5, 5.41) is 2.28. The SMILES string of the molecule is Cc1c(C)c(C)c2cc3c(cc2c1C)CC(C(F)(F)CF)C3. The molecule has 0 amide bonds. The van der Waals surface area contributed by atoms with Gasteiger partial charge in [0.25, 0.3) is 5.92 Å². The van der Waals surface area contributed by atoms with Crippen molar-refractivity contribution in [3.8, 4) is 0 Å². The van der Waals surface area contributed by atoms with Gasteiger partial charge in [-0.1, -0.05) is 12.1 Å². The zero-order valence-corrected chi connectivity index (χ0v) is 13.5. The zero-order chi connectivity index (χ0) is 16.2. The maximum absolute atomic E-state index is 13.7. The fourth-order valence-corrected chi connectivity index (χ4v) is 3.67. The number of hydrogen-bond acceptors (Lipinski definition) is 0. The van der Waals surface area contributed by atoms with Crippen molar-refractivity contribution in [2.45, 2.75) is 46.5 Å². The van der Waals surface area contributed by atoms with E-state index in [4.69, 9.17) is 0 Å². The normalized spacial score (nSPS) is 15.6. The highest BCUT2D eigenvalue weighted by Crippen LogP contribution is 2.40. The van der Waals surface area contributed by atoms with E-state index in [-0.39, 0.29) is 12.8 Å². The van der Waals surface area contributed by atoms with Crippen LogP contribution in [-0.2, 0) is 12.8 Å². The Hall–Kier alpha value is -1.51. The van der Waals surface area contributed by atoms with Gasteiger partial charge < -0.3 is 0 Å². The molecule has 0 atom stereocenters. The van der Waals surface area contributed by atoms with Crippen molar-refractivity contribution in [1.82, 2.24) is 0 Å². The van der Waals surface area contributed by atoms with Gasteiger partial charge in [0.2, 0.25) is 0 Å². The van der Waals surface area contributed by atoms with Gasteiger partial charge >= 0.3 is 0 Å². The van der Waals surface area contributed by atoms with Crippen LogP contribution in [0.5, 0.6) is 0 Å². The second kappa shape index (κ2) is 5.00. The fourth-order valence-electron chi connectivity index (χ4n) is 3.67. The van der Waals surface area contributed by atoms with Gasteiger partial charge in [-0.15, -0.1) is 0 Å². The summed E-state index contributed by atoms with van der Waals surface area (Å²) < 4.78 is 40.0. The van der Waals surface area contributed by atoms with Crippen LogP contribution in [-0.4, -0.2) is 12.6 Å². The lowest BCUT2D eigenvalue weighted by Gasteiger charge is -2.19. The highest BCUT2D eigenvalue weighted by Gasteiger charge is 2.43. The van der Waals surface area contributed by atoms with E-state index in [0.29, 0.717) is 0 Å². The molecule has 118 valence electrons. The maximum Gasteiger partial charge on any atom is 0.279 e. The molecule has 3 heteroatoms. The Bertz CT molecular complexity index is 703. The van der Waals surface area contributed by atoms with Crippen LogP contribution >= 0.6 is 0 Å². The van der Waals surface area contributed by atoms with E-state index in [2.05, 4.69) is 27.7 Å². The molecule has 0 heterocycles. The van der Waals surface area contributed by atoms with Crippen molar-refractivity contribution >= 4 is 10.8 Å². The number of alkyl halides is 3. The van der Waals surface area contributed by atoms with E-state index in [1.807, 2.05) is 12.1 Å². The van der Waals surface area contributed by atoms with Gasteiger partial charge in [0.05, 0.1) is 0 Å². The summed E-state index contributed by atoms with van der Waals surface area (Å²) in [5.74, 6) is -4.13. The summed E-state index contributed by atoms with van der Waals surface area (Å²) in [6.45, 7) is 6.80. The first-order valence-corrected chi connectivity index (χ1v) is 7.72. The Morgan fingerprint density at radius 3 is 1.64 bits per heavy atom. The molecule has 2 aromatic carbocycles. The first-order chi connectivity index (χ1) is 10.3. The van der Waals surface area contributed by atoms with Gasteiger partial charge in [0.1, 0.15) is 0 Å². The lowest BCUT2D eigenvalue weighted by atomic mass is 9.90. The quantitative estimate of drug-likeness (QED) is 0.697. The van der Waals surface area contributed by atoms with Gasteiger partial charge in [-0.05, 0) is 84.7 Å². The topological polar surface area (TPSA) is 0 Å². The van der Waals surface area contributed by atoms with Crippen LogP contribution < -0.4 is 0 Å². The molecular weight excluding hydrogens is 285 g/mol. The van der Waals surface area contributed by atoms with E-state index in [0.717, 1.165) is 21.9 Å². The van der Waals surface area contributed by atoms with Crippen molar-refractivity contribution < 1.29 is 13.2 Å². The molecule has 0 saturated carbocycles. The van der Waals surface area contributed by atoms with E-state index < -0.39 is 18.5 Å². The molecule has 0 unspecified atom stereocenters. The summed E-state index contributed by atoms with van der Waals surface area (Å²) >= 11 is 0. The summed E-state index contributed by atoms with van der Waals surface area (Å²) in [6.07, 6.45) is 0.543. The van der Waals surface area contributed by atoms with E-state index >= 15 is 0 Å². The molecule has 0 bridgehead atoms. The van der Waals surface area contributed by atoms with E-state index in [1.165, 1.54) is 22.3 Å². The molecule has 2 aromatic rings. The van der Waals surface area contributed by atoms with Crippen molar-refractivity contribution in [3.63, 3.8) is 0 Å². The number of benzene rings is 2. The first kappa shape index (κ1) is 15.4. The zero-order valence-electron chi connectivity index (χ0n) is 13.5. The highest BCUT2D eigenvalue weighted by atomic mass is 19.3. The van der Waals surface area contributed by atoms with Crippen LogP contribution in [0.4, 0.5) is 13.2 Å². The molecule has 0 aromatic heterocycles. The molecule has 3 rings (SSSR count). The van der Waals surface area contributed by atoms with Gasteiger partial charge in [-0.3, -0.25) is 0 Å². The van der Waals surface area contributed by atoms with Crippen LogP contribution in [0, 0.1) is 33.6 Å². The fraction of sp³-hybridized carbons (Fsp3) is 0.474. The Morgan fingerprint density at radius 1 is 0.864 bits per heavy atom. The summed E-state index contributed by atoms with van der Waals surface area (Å²) in [7, 11) is 0. The molecule has 1 aliphatic carbocycles.